The van der Waals surface area contributed by atoms with Crippen molar-refractivity contribution in [2.45, 2.75) is 110 Å². The van der Waals surface area contributed by atoms with Crippen molar-refractivity contribution in [1.29, 1.82) is 0 Å². The number of hydrogen-bond donors (Lipinski definition) is 2. The molecule has 4 fully saturated rings. The molecule has 3 heterocycles. The maximum absolute atomic E-state index is 14.3. The van der Waals surface area contributed by atoms with Crippen molar-refractivity contribution in [3.8, 4) is 0 Å². The summed E-state index contributed by atoms with van der Waals surface area (Å²) in [6, 6.07) is 0. The van der Waals surface area contributed by atoms with E-state index < -0.39 is 5.41 Å². The molecule has 9 aliphatic rings. The second-order valence-corrected chi connectivity index (χ2v) is 15.0. The highest BCUT2D eigenvalue weighted by Gasteiger charge is 2.70. The number of carbonyl (C=O) groups excluding carboxylic acids is 2. The number of dihydropyridines is 1. The van der Waals surface area contributed by atoms with Gasteiger partial charge in [0, 0.05) is 29.0 Å². The summed E-state index contributed by atoms with van der Waals surface area (Å²) in [5, 5.41) is 3.27. The zero-order chi connectivity index (χ0) is 30.3. The molecule has 4 atom stereocenters. The molecule has 234 valence electrons. The number of nitrogens with one attached hydrogen (secondary N) is 1. The van der Waals surface area contributed by atoms with Crippen LogP contribution in [0.15, 0.2) is 69.5 Å². The van der Waals surface area contributed by atoms with Crippen LogP contribution in [-0.4, -0.2) is 18.5 Å². The lowest BCUT2D eigenvalue weighted by Gasteiger charge is -2.59. The Morgan fingerprint density at radius 3 is 2.50 bits per heavy atom. The van der Waals surface area contributed by atoms with Gasteiger partial charge in [0.1, 0.15) is 11.5 Å². The molecule has 4 unspecified atom stereocenters. The lowest BCUT2D eigenvalue weighted by atomic mass is 9.42. The van der Waals surface area contributed by atoms with Crippen molar-refractivity contribution >= 4 is 11.9 Å². The molecule has 3 aliphatic heterocycles. The van der Waals surface area contributed by atoms with Gasteiger partial charge in [-0.05, 0) is 111 Å². The number of carbonyl (C=O) groups is 2. The highest BCUT2D eigenvalue weighted by atomic mass is 16.5. The van der Waals surface area contributed by atoms with Gasteiger partial charge in [-0.2, -0.15) is 0 Å². The van der Waals surface area contributed by atoms with Crippen molar-refractivity contribution in [1.82, 2.24) is 5.32 Å². The maximum atomic E-state index is 14.3. The van der Waals surface area contributed by atoms with Gasteiger partial charge in [0.05, 0.1) is 16.8 Å². The molecule has 3 saturated carbocycles. The molecular formula is C38H48N2O4. The van der Waals surface area contributed by atoms with E-state index in [9.17, 15) is 9.59 Å². The topological polar surface area (TPSA) is 90.7 Å². The molecule has 0 aromatic rings. The lowest BCUT2D eigenvalue weighted by Crippen LogP contribution is -2.54. The molecule has 6 heteroatoms. The van der Waals surface area contributed by atoms with E-state index in [1.54, 1.807) is 0 Å². The minimum absolute atomic E-state index is 0.0704. The molecule has 9 rings (SSSR count). The summed E-state index contributed by atoms with van der Waals surface area (Å²) in [6.07, 6.45) is 24.8. The minimum atomic E-state index is -0.593. The van der Waals surface area contributed by atoms with Crippen LogP contribution in [0.5, 0.6) is 0 Å². The molecule has 1 saturated heterocycles. The van der Waals surface area contributed by atoms with Crippen LogP contribution in [0.1, 0.15) is 110 Å². The van der Waals surface area contributed by atoms with Crippen molar-refractivity contribution in [2.24, 2.45) is 39.7 Å². The first-order valence-electron chi connectivity index (χ1n) is 17.7. The Bertz CT molecular complexity index is 1490. The zero-order valence-electron chi connectivity index (χ0n) is 26.6. The van der Waals surface area contributed by atoms with Crippen molar-refractivity contribution in [3.05, 3.63) is 69.5 Å². The number of fused-ring (bicyclic) bond motifs is 1. The van der Waals surface area contributed by atoms with Crippen LogP contribution in [0.25, 0.3) is 0 Å². The molecule has 0 amide bonds. The third-order valence-corrected chi connectivity index (χ3v) is 13.2. The Morgan fingerprint density at radius 1 is 1.00 bits per heavy atom. The monoisotopic (exact) mass is 596 g/mol. The number of unbranched alkanes of at least 4 members (excludes halogenated alkanes) is 1. The third kappa shape index (κ3) is 3.78. The third-order valence-electron chi connectivity index (χ3n) is 13.2. The number of nitrogens with two attached hydrogens (primary N) is 1. The number of rotatable bonds is 6. The highest BCUT2D eigenvalue weighted by molar-refractivity contribution is 6.00. The van der Waals surface area contributed by atoms with Crippen LogP contribution in [0.4, 0.5) is 0 Å². The quantitative estimate of drug-likeness (QED) is 0.308. The summed E-state index contributed by atoms with van der Waals surface area (Å²) in [6.45, 7) is 5.16. The first kappa shape index (κ1) is 28.5. The fourth-order valence-electron chi connectivity index (χ4n) is 11.3. The summed E-state index contributed by atoms with van der Waals surface area (Å²) in [7, 11) is 0. The fourth-order valence-corrected chi connectivity index (χ4v) is 11.3. The summed E-state index contributed by atoms with van der Waals surface area (Å²) in [5.41, 5.74) is 11.2. The van der Waals surface area contributed by atoms with Gasteiger partial charge in [0.15, 0.2) is 0 Å². The summed E-state index contributed by atoms with van der Waals surface area (Å²) in [4.78, 5) is 28.4. The maximum Gasteiger partial charge on any atom is 0.340 e. The summed E-state index contributed by atoms with van der Waals surface area (Å²) in [5.74, 6) is 2.48. The Labute approximate surface area is 261 Å². The van der Waals surface area contributed by atoms with Gasteiger partial charge in [-0.1, -0.05) is 52.0 Å². The molecule has 0 radical (unpaired) electrons. The van der Waals surface area contributed by atoms with Crippen LogP contribution >= 0.6 is 0 Å². The largest absolute Gasteiger partial charge is 0.427 e. The SMILES string of the molecule is CCCC=C1OC(=O)C2=C(C3(C4=CCNC(N)=C4)CCCC3)C3CCC12C1C2=C(CCC31)C(=CC1(CC)CCCC1)OC2=O. The predicted molar refractivity (Wildman–Crippen MR) is 169 cm³/mol. The van der Waals surface area contributed by atoms with Crippen LogP contribution in [0, 0.1) is 34.0 Å². The van der Waals surface area contributed by atoms with Gasteiger partial charge >= 0.3 is 11.9 Å². The van der Waals surface area contributed by atoms with Gasteiger partial charge in [0.2, 0.25) is 0 Å². The molecule has 6 nitrogen and oxygen atoms in total. The fraction of sp³-hybridized carbons (Fsp3) is 0.632. The molecule has 2 bridgehead atoms. The second-order valence-electron chi connectivity index (χ2n) is 15.0. The van der Waals surface area contributed by atoms with E-state index in [1.165, 1.54) is 36.8 Å². The normalized spacial score (nSPS) is 36.6. The van der Waals surface area contributed by atoms with Crippen LogP contribution in [0.3, 0.4) is 0 Å². The van der Waals surface area contributed by atoms with Gasteiger partial charge < -0.3 is 20.5 Å². The van der Waals surface area contributed by atoms with E-state index in [0.29, 0.717) is 18.3 Å². The van der Waals surface area contributed by atoms with E-state index in [4.69, 9.17) is 15.2 Å². The van der Waals surface area contributed by atoms with E-state index in [0.717, 1.165) is 98.9 Å². The molecule has 44 heavy (non-hydrogen) atoms. The van der Waals surface area contributed by atoms with Gasteiger partial charge in [-0.3, -0.25) is 0 Å². The average molecular weight is 597 g/mol. The number of esters is 2. The average Bonchev–Trinajstić information content (AvgIpc) is 3.83. The van der Waals surface area contributed by atoms with Crippen LogP contribution in [-0.2, 0) is 19.1 Å². The van der Waals surface area contributed by atoms with Gasteiger partial charge in [0.25, 0.3) is 0 Å². The van der Waals surface area contributed by atoms with Gasteiger partial charge in [-0.25, -0.2) is 9.59 Å². The van der Waals surface area contributed by atoms with Crippen molar-refractivity contribution < 1.29 is 19.1 Å². The number of cyclic esters (lactones) is 2. The Balaban J connectivity index is 1.34. The number of hydrogen-bond acceptors (Lipinski definition) is 6. The van der Waals surface area contributed by atoms with E-state index in [1.807, 2.05) is 0 Å². The molecule has 6 aliphatic carbocycles. The Morgan fingerprint density at radius 2 is 1.77 bits per heavy atom. The lowest BCUT2D eigenvalue weighted by molar-refractivity contribution is -0.135. The highest BCUT2D eigenvalue weighted by Crippen LogP contribution is 2.74. The summed E-state index contributed by atoms with van der Waals surface area (Å²) >= 11 is 0. The standard InChI is InChI=1S/C38H48N2O4/c1-3-5-10-28-38-19-13-25(32(33(38)35(42)44-28)37(17-8-9-18-37)23-14-20-40-29(39)21-23)24-11-12-26-27(43-34(41)30(26)31(24)38)22-36(4-2)15-6-7-16-36/h10,14,21-22,24-25,31,40H,3-9,11-13,15-20,39H2,1-2H3. The van der Waals surface area contributed by atoms with Crippen LogP contribution in [0.2, 0.25) is 0 Å². The molecule has 1 spiro atoms. The first-order valence-corrected chi connectivity index (χ1v) is 17.7. The first-order chi connectivity index (χ1) is 21.4. The van der Waals surface area contributed by atoms with Crippen molar-refractivity contribution in [3.63, 3.8) is 0 Å². The van der Waals surface area contributed by atoms with E-state index in [-0.39, 0.29) is 34.6 Å². The molecule has 0 aromatic heterocycles. The van der Waals surface area contributed by atoms with E-state index in [2.05, 4.69) is 43.5 Å². The Hall–Kier alpha value is -3.02. The second kappa shape index (κ2) is 10.3. The van der Waals surface area contributed by atoms with Crippen molar-refractivity contribution in [2.75, 3.05) is 6.54 Å². The zero-order valence-corrected chi connectivity index (χ0v) is 26.6. The molecule has 0 aromatic carbocycles. The number of allylic oxidation sites excluding steroid dienone is 7. The van der Waals surface area contributed by atoms with Crippen LogP contribution < -0.4 is 11.1 Å². The number of ether oxygens (including phenoxy) is 2. The minimum Gasteiger partial charge on any atom is -0.427 e. The smallest absolute Gasteiger partial charge is 0.340 e. The molecule has 3 N–H and O–H groups in total. The van der Waals surface area contributed by atoms with E-state index >= 15 is 0 Å². The Kier molecular flexibility index (Phi) is 6.63. The predicted octanol–water partition coefficient (Wildman–Crippen LogP) is 7.56. The molecular weight excluding hydrogens is 548 g/mol. The van der Waals surface area contributed by atoms with Gasteiger partial charge in [-0.15, -0.1) is 0 Å². The summed E-state index contributed by atoms with van der Waals surface area (Å²) < 4.78 is 12.6.